The second kappa shape index (κ2) is 50.7. The number of morpholine rings is 1. The molecular weight excluding hydrogens is 1800 g/mol. The normalized spacial score (nSPS) is 21.3. The quantitative estimate of drug-likeness (QED) is 0.00717. The number of halogens is 1. The highest BCUT2D eigenvalue weighted by Crippen LogP contribution is 2.49. The van der Waals surface area contributed by atoms with Crippen molar-refractivity contribution < 1.29 is 135 Å². The van der Waals surface area contributed by atoms with Gasteiger partial charge in [-0.3, -0.25) is 33.7 Å². The molecule has 123 heavy (non-hydrogen) atoms. The molecule has 40 heteroatoms. The number of methoxy groups -OCH3 is 2. The van der Waals surface area contributed by atoms with E-state index in [-0.39, 0.29) is 121 Å². The summed E-state index contributed by atoms with van der Waals surface area (Å²) in [7, 11) is -7.91. The Kier molecular flexibility index (Phi) is 44.4. The third kappa shape index (κ3) is 35.2. The van der Waals surface area contributed by atoms with Crippen LogP contribution in [0.2, 0.25) is 0 Å². The predicted octanol–water partition coefficient (Wildman–Crippen LogP) is 10.4. The van der Waals surface area contributed by atoms with Crippen LogP contribution in [0, 0.1) is 23.7 Å². The lowest BCUT2D eigenvalue weighted by molar-refractivity contribution is -0.151. The van der Waals surface area contributed by atoms with Crippen molar-refractivity contribution in [2.75, 3.05) is 114 Å². The van der Waals surface area contributed by atoms with Crippen molar-refractivity contribution in [2.24, 2.45) is 23.7 Å². The van der Waals surface area contributed by atoms with Gasteiger partial charge in [-0.1, -0.05) is 52.0 Å². The van der Waals surface area contributed by atoms with Crippen LogP contribution in [-0.2, 0) is 107 Å². The fourth-order valence-electron chi connectivity index (χ4n) is 12.9. The van der Waals surface area contributed by atoms with Crippen molar-refractivity contribution in [3.05, 3.63) is 108 Å². The van der Waals surface area contributed by atoms with Gasteiger partial charge in [-0.05, 0) is 218 Å². The Labute approximate surface area is 742 Å². The van der Waals surface area contributed by atoms with Gasteiger partial charge >= 0.3 is 39.3 Å². The van der Waals surface area contributed by atoms with E-state index in [0.29, 0.717) is 59.8 Å². The number of rotatable bonds is 39. The van der Waals surface area contributed by atoms with E-state index in [1.54, 1.807) is 62.4 Å². The first kappa shape index (κ1) is 108. The Hall–Kier alpha value is -5.95. The molecule has 2 amide bonds. The van der Waals surface area contributed by atoms with Crippen LogP contribution in [0.1, 0.15) is 134 Å². The van der Waals surface area contributed by atoms with Crippen molar-refractivity contribution in [2.45, 2.75) is 229 Å². The number of hydrogen-bond donors (Lipinski definition) is 7. The van der Waals surface area contributed by atoms with Crippen molar-refractivity contribution in [1.82, 2.24) is 31.1 Å². The molecule has 5 aliphatic rings. The fraction of sp³-hybridized carbons (Fsp3) is 0.663. The van der Waals surface area contributed by atoms with Crippen molar-refractivity contribution >= 4 is 83.0 Å². The van der Waals surface area contributed by atoms with Gasteiger partial charge in [0.2, 0.25) is 0 Å². The Balaban J connectivity index is 0.000000363. The number of carbonyl (C=O) groups excluding carboxylic acids is 4. The van der Waals surface area contributed by atoms with Crippen LogP contribution in [-0.4, -0.2) is 263 Å². The number of hydrogen-bond acceptors (Lipinski definition) is 32. The summed E-state index contributed by atoms with van der Waals surface area (Å²) in [4.78, 5) is 65.1. The molecule has 16 atom stereocenters. The molecule has 9 rings (SSSR count). The lowest BCUT2D eigenvalue weighted by Gasteiger charge is -2.38. The van der Waals surface area contributed by atoms with Gasteiger partial charge in [0.25, 0.3) is 0 Å². The van der Waals surface area contributed by atoms with Gasteiger partial charge in [0.05, 0.1) is 101 Å². The Morgan fingerprint density at radius 2 is 0.919 bits per heavy atom. The van der Waals surface area contributed by atoms with E-state index < -0.39 is 144 Å². The first-order valence-electron chi connectivity index (χ1n) is 41.0. The fourth-order valence-corrected chi connectivity index (χ4v) is 18.5. The molecule has 698 valence electrons. The summed E-state index contributed by atoms with van der Waals surface area (Å²) in [5.41, 5.74) is 1.87. The molecule has 0 radical (unpaired) electrons. The number of ether oxygens (including phenoxy) is 13. The second-order valence-electron chi connectivity index (χ2n) is 32.8. The van der Waals surface area contributed by atoms with Gasteiger partial charge in [-0.25, -0.2) is 36.0 Å². The number of amides is 2. The predicted molar refractivity (Wildman–Crippen MR) is 468 cm³/mol. The molecule has 0 saturated carbocycles. The molecule has 5 fully saturated rings. The van der Waals surface area contributed by atoms with Crippen LogP contribution in [0.15, 0.2) is 107 Å². The first-order chi connectivity index (χ1) is 57.3. The number of aliphatic hydroxyl groups is 2. The smallest absolute Gasteiger partial charge is 0.407 e. The van der Waals surface area contributed by atoms with E-state index in [9.17, 15) is 60.3 Å². The van der Waals surface area contributed by atoms with Gasteiger partial charge < -0.3 is 96.7 Å². The number of nitrogens with one attached hydrogen (secondary N) is 4. The number of fused-ring (bicyclic) bond motifs is 2. The average Bonchev–Trinajstić information content (AvgIpc) is 1.51. The van der Waals surface area contributed by atoms with Gasteiger partial charge in [0, 0.05) is 31.3 Å². The zero-order valence-electron chi connectivity index (χ0n) is 74.2. The number of benzene rings is 4. The minimum absolute atomic E-state index is 0. The highest BCUT2D eigenvalue weighted by Gasteiger charge is 2.46. The van der Waals surface area contributed by atoms with E-state index in [4.69, 9.17) is 75.2 Å². The SMILES string of the molecule is CC(C)(C)N1CCOCC1.CCOC(=O)[C@H](C)OP(=O)(COc1ccc(C[C@H](NC(=O)O[C@H]2CO[C@H]3OCC[C@H]32)[C@H](O)NC(CC(C)C)S(=O)(=O)c2ccc(OC)cc2)cc1)OC.CCOC(=O)[C@H](C)OP(=O)(O)COc1ccc(C[C@H](NC(=O)O[C@H]2CO[C@H]3OCC[C@H]32)[C@H](O)NC(CC(C)C)S(=O)(=O)c2ccc(OC)cc2)cc1.CN(C)C(C)(C)C.I. The summed E-state index contributed by atoms with van der Waals surface area (Å²) < 4.78 is 166. The van der Waals surface area contributed by atoms with Crippen molar-refractivity contribution in [1.29, 1.82) is 0 Å². The van der Waals surface area contributed by atoms with Gasteiger partial charge in [-0.15, -0.1) is 24.0 Å². The van der Waals surface area contributed by atoms with Gasteiger partial charge in [0.1, 0.15) is 58.4 Å². The average molecular weight is 1930 g/mol. The van der Waals surface area contributed by atoms with Crippen LogP contribution in [0.3, 0.4) is 0 Å². The minimum Gasteiger partial charge on any atom is -0.497 e. The van der Waals surface area contributed by atoms with Crippen LogP contribution in [0.4, 0.5) is 9.59 Å². The summed E-state index contributed by atoms with van der Waals surface area (Å²) >= 11 is 0. The molecular formula is C83H133IN6O29P2S2. The van der Waals surface area contributed by atoms with Gasteiger partial charge in [-0.2, -0.15) is 0 Å². The third-order valence-electron chi connectivity index (χ3n) is 20.5. The number of aliphatic hydroxyl groups excluding tert-OH is 2. The van der Waals surface area contributed by atoms with Crippen molar-refractivity contribution in [3.63, 3.8) is 0 Å². The van der Waals surface area contributed by atoms with Crippen LogP contribution in [0.25, 0.3) is 0 Å². The van der Waals surface area contributed by atoms with Crippen LogP contribution in [0.5, 0.6) is 23.0 Å². The van der Waals surface area contributed by atoms with E-state index >= 15 is 0 Å². The Morgan fingerprint density at radius 3 is 1.25 bits per heavy atom. The van der Waals surface area contributed by atoms with E-state index in [1.807, 2.05) is 27.7 Å². The highest BCUT2D eigenvalue weighted by atomic mass is 127. The molecule has 35 nitrogen and oxygen atoms in total. The van der Waals surface area contributed by atoms with Crippen molar-refractivity contribution in [3.8, 4) is 23.0 Å². The zero-order valence-corrected chi connectivity index (χ0v) is 79.9. The number of carbonyl (C=O) groups is 4. The maximum Gasteiger partial charge on any atom is 0.407 e. The molecule has 0 aliphatic carbocycles. The standard InChI is InChI=1S/C35H51N2O14PS.C34H49N2O14PS.C8H17NO.C6H15N.HI/c1-7-46-33(39)23(4)51-52(41,45-6)21-49-26-10-8-24(9-11-26)19-29(36-35(40)50-30-20-48-34-28(30)16-17-47-34)32(38)37-31(18-22(2)3)53(42,43)27-14-12-25(44-5)13-15-27;1-6-45-32(38)22(4)50-51(40,41)20-48-25-9-7-23(8-10-25)18-28(35-34(39)49-29-19-47-33-27(29)15-16-46-33)31(37)36-30(17-21(2)3)52(42,43)26-13-11-24(44-5)12-14-26;1-8(2,3)9-4-6-10-7-5-9;1-6(2,3)7(4)5;/h8-15,22-23,28-32,34,37-38H,7,16-21H2,1-6H3,(H,36,40);7-14,21-22,27-31,33,36-37H,6,15-20H2,1-5H3,(H,35,39)(H,40,41);4-7H2,1-3H3;1-5H3;1H/t23-,28-,29-,30-,31?,32-,34+,52?;22-,27-,28-,29-,30?,31-,33+;;;/m00.../s1. The molecule has 4 aromatic carbocycles. The summed E-state index contributed by atoms with van der Waals surface area (Å²) in [6.07, 6.45) is -8.77. The largest absolute Gasteiger partial charge is 0.497 e. The summed E-state index contributed by atoms with van der Waals surface area (Å²) in [5.74, 6) is -0.423. The van der Waals surface area contributed by atoms with E-state index in [0.717, 1.165) is 26.3 Å². The lowest BCUT2D eigenvalue weighted by atomic mass is 10.0. The molecule has 0 spiro atoms. The molecule has 0 bridgehead atoms. The summed E-state index contributed by atoms with van der Waals surface area (Å²) in [5, 5.41) is 31.8. The summed E-state index contributed by atoms with van der Waals surface area (Å²) in [6, 6.07) is 22.4. The zero-order chi connectivity index (χ0) is 90.5. The molecule has 5 aliphatic heterocycles. The monoisotopic (exact) mass is 1930 g/mol. The van der Waals surface area contributed by atoms with Gasteiger partial charge in [0.15, 0.2) is 57.2 Å². The molecule has 4 aromatic rings. The second-order valence-corrected chi connectivity index (χ2v) is 40.9. The van der Waals surface area contributed by atoms with Crippen LogP contribution >= 0.6 is 39.2 Å². The maximum atomic E-state index is 13.8. The molecule has 4 unspecified atom stereocenters. The number of sulfone groups is 2. The number of alkyl carbamates (subject to hydrolysis) is 2. The Bertz CT molecular complexity index is 4190. The minimum atomic E-state index is -4.34. The molecule has 7 N–H and O–H groups in total. The first-order valence-corrected chi connectivity index (χ1v) is 47.6. The molecule has 0 aromatic heterocycles. The summed E-state index contributed by atoms with van der Waals surface area (Å²) in [6.45, 7) is 32.1. The third-order valence-corrected chi connectivity index (χ3v) is 27.2. The molecule has 5 heterocycles. The maximum absolute atomic E-state index is 13.8. The highest BCUT2D eigenvalue weighted by molar-refractivity contribution is 14.0. The topological polar surface area (TPSA) is 434 Å². The number of nitrogens with zero attached hydrogens (tertiary/aromatic N) is 2. The van der Waals surface area contributed by atoms with Crippen LogP contribution < -0.4 is 40.2 Å². The molecule has 5 saturated heterocycles. The van der Waals surface area contributed by atoms with E-state index in [1.165, 1.54) is 83.7 Å². The Morgan fingerprint density at radius 1 is 0.553 bits per heavy atom. The lowest BCUT2D eigenvalue weighted by Crippen LogP contribution is -2.56. The number of esters is 2. The van der Waals surface area contributed by atoms with E-state index in [2.05, 4.69) is 86.7 Å².